The maximum absolute atomic E-state index is 5.68. The summed E-state index contributed by atoms with van der Waals surface area (Å²) < 4.78 is 7.65. The van der Waals surface area contributed by atoms with Gasteiger partial charge in [0.15, 0.2) is 5.11 Å². The zero-order chi connectivity index (χ0) is 24.2. The van der Waals surface area contributed by atoms with Gasteiger partial charge in [-0.05, 0) is 55.0 Å². The summed E-state index contributed by atoms with van der Waals surface area (Å²) in [4.78, 5) is 0. The van der Waals surface area contributed by atoms with Crippen LogP contribution in [0.1, 0.15) is 18.2 Å². The highest BCUT2D eigenvalue weighted by Crippen LogP contribution is 2.35. The van der Waals surface area contributed by atoms with E-state index in [2.05, 4.69) is 59.2 Å². The van der Waals surface area contributed by atoms with Crippen LogP contribution in [0.3, 0.4) is 0 Å². The Kier molecular flexibility index (Phi) is 6.46. The third kappa shape index (κ3) is 4.74. The van der Waals surface area contributed by atoms with Crippen molar-refractivity contribution in [3.8, 4) is 22.7 Å². The van der Waals surface area contributed by atoms with Gasteiger partial charge in [-0.15, -0.1) is 0 Å². The maximum Gasteiger partial charge on any atom is 0.171 e. The van der Waals surface area contributed by atoms with E-state index in [0.29, 0.717) is 5.11 Å². The van der Waals surface area contributed by atoms with Crippen LogP contribution < -0.4 is 15.4 Å². The van der Waals surface area contributed by atoms with Gasteiger partial charge in [-0.2, -0.15) is 5.10 Å². The van der Waals surface area contributed by atoms with E-state index in [-0.39, 0.29) is 6.04 Å². The summed E-state index contributed by atoms with van der Waals surface area (Å²) in [6.07, 6.45) is 4.24. The standard InChI is InChI=1S/C29H26N4OS/c1-20-28(24(31-29(35)30-20)18-17-21-11-5-3-6-12-21)25-19-26(23-15-9-10-16-27(23)34-2)33(32-25)22-13-7-4-8-14-22/h3-19,24H,1-2H3,(H2,30,31,35)/b18-17+. The average Bonchev–Trinajstić information content (AvgIpc) is 3.33. The number of aromatic nitrogens is 2. The molecule has 5 nitrogen and oxygen atoms in total. The van der Waals surface area contributed by atoms with Crippen molar-refractivity contribution < 1.29 is 4.74 Å². The lowest BCUT2D eigenvalue weighted by Gasteiger charge is -2.28. The molecule has 2 heterocycles. The Labute approximate surface area is 210 Å². The summed E-state index contributed by atoms with van der Waals surface area (Å²) in [5.74, 6) is 0.795. The van der Waals surface area contributed by atoms with Crippen LogP contribution in [0.4, 0.5) is 0 Å². The lowest BCUT2D eigenvalue weighted by atomic mass is 9.98. The van der Waals surface area contributed by atoms with Gasteiger partial charge in [0.05, 0.1) is 30.2 Å². The number of hydrogen-bond acceptors (Lipinski definition) is 3. The fourth-order valence-corrected chi connectivity index (χ4v) is 4.59. The molecule has 174 valence electrons. The molecule has 0 spiro atoms. The normalized spacial score (nSPS) is 15.7. The number of allylic oxidation sites excluding steroid dienone is 1. The number of nitrogens with one attached hydrogen (secondary N) is 2. The molecular formula is C29H26N4OS. The summed E-state index contributed by atoms with van der Waals surface area (Å²) in [5.41, 5.74) is 6.89. The summed E-state index contributed by atoms with van der Waals surface area (Å²) >= 11 is 5.48. The first-order valence-corrected chi connectivity index (χ1v) is 11.9. The minimum atomic E-state index is -0.131. The van der Waals surface area contributed by atoms with Crippen molar-refractivity contribution in [2.45, 2.75) is 13.0 Å². The Balaban J connectivity index is 1.65. The van der Waals surface area contributed by atoms with E-state index in [9.17, 15) is 0 Å². The maximum atomic E-state index is 5.68. The third-order valence-electron chi connectivity index (χ3n) is 5.95. The first-order chi connectivity index (χ1) is 17.1. The molecule has 4 aromatic rings. The molecule has 0 saturated carbocycles. The van der Waals surface area contributed by atoms with Gasteiger partial charge in [0.2, 0.25) is 0 Å². The molecule has 1 atom stereocenters. The van der Waals surface area contributed by atoms with Crippen molar-refractivity contribution in [3.63, 3.8) is 0 Å². The zero-order valence-corrected chi connectivity index (χ0v) is 20.4. The van der Waals surface area contributed by atoms with Gasteiger partial charge in [-0.1, -0.05) is 72.8 Å². The van der Waals surface area contributed by atoms with Crippen LogP contribution in [0.5, 0.6) is 5.75 Å². The van der Waals surface area contributed by atoms with Gasteiger partial charge in [0, 0.05) is 16.8 Å². The highest BCUT2D eigenvalue weighted by atomic mass is 32.1. The van der Waals surface area contributed by atoms with E-state index in [1.54, 1.807) is 7.11 Å². The Hall–Kier alpha value is -4.16. The number of para-hydroxylation sites is 2. The summed E-state index contributed by atoms with van der Waals surface area (Å²) in [5, 5.41) is 12.4. The van der Waals surface area contributed by atoms with Crippen LogP contribution in [0.15, 0.2) is 103 Å². The van der Waals surface area contributed by atoms with Crippen LogP contribution in [0.2, 0.25) is 0 Å². The average molecular weight is 479 g/mol. The molecule has 6 heteroatoms. The number of ether oxygens (including phenoxy) is 1. The number of thiocarbonyl (C=S) groups is 1. The Morgan fingerprint density at radius 2 is 1.63 bits per heavy atom. The molecule has 0 bridgehead atoms. The molecule has 1 aliphatic heterocycles. The van der Waals surface area contributed by atoms with E-state index in [1.807, 2.05) is 66.2 Å². The van der Waals surface area contributed by atoms with Gasteiger partial charge in [0.1, 0.15) is 5.75 Å². The van der Waals surface area contributed by atoms with Crippen molar-refractivity contribution in [2.24, 2.45) is 0 Å². The summed E-state index contributed by atoms with van der Waals surface area (Å²) in [7, 11) is 1.69. The van der Waals surface area contributed by atoms with Crippen molar-refractivity contribution >= 4 is 29.0 Å². The predicted octanol–water partition coefficient (Wildman–Crippen LogP) is 5.84. The van der Waals surface area contributed by atoms with Gasteiger partial charge in [0.25, 0.3) is 0 Å². The van der Waals surface area contributed by atoms with Crippen molar-refractivity contribution in [2.75, 3.05) is 7.11 Å². The van der Waals surface area contributed by atoms with Crippen molar-refractivity contribution in [1.29, 1.82) is 0 Å². The molecule has 35 heavy (non-hydrogen) atoms. The number of methoxy groups -OCH3 is 1. The smallest absolute Gasteiger partial charge is 0.171 e. The van der Waals surface area contributed by atoms with Crippen LogP contribution in [0.25, 0.3) is 28.6 Å². The number of hydrogen-bond donors (Lipinski definition) is 2. The van der Waals surface area contributed by atoms with Crippen LogP contribution in [-0.2, 0) is 0 Å². The van der Waals surface area contributed by atoms with Crippen molar-refractivity contribution in [1.82, 2.24) is 20.4 Å². The highest BCUT2D eigenvalue weighted by molar-refractivity contribution is 7.80. The zero-order valence-electron chi connectivity index (χ0n) is 19.6. The molecule has 0 aliphatic carbocycles. The Morgan fingerprint density at radius 3 is 2.37 bits per heavy atom. The highest BCUT2D eigenvalue weighted by Gasteiger charge is 2.26. The van der Waals surface area contributed by atoms with E-state index in [0.717, 1.165) is 45.2 Å². The van der Waals surface area contributed by atoms with E-state index < -0.39 is 0 Å². The first kappa shape index (κ1) is 22.6. The van der Waals surface area contributed by atoms with E-state index in [1.165, 1.54) is 0 Å². The second-order valence-electron chi connectivity index (χ2n) is 8.25. The lowest BCUT2D eigenvalue weighted by Crippen LogP contribution is -2.46. The van der Waals surface area contributed by atoms with Crippen molar-refractivity contribution in [3.05, 3.63) is 114 Å². The molecular weight excluding hydrogens is 452 g/mol. The molecule has 0 amide bonds. The van der Waals surface area contributed by atoms with Gasteiger partial charge in [-0.25, -0.2) is 4.68 Å². The number of nitrogens with zero attached hydrogens (tertiary/aromatic N) is 2. The van der Waals surface area contributed by atoms with Crippen LogP contribution in [0, 0.1) is 0 Å². The minimum absolute atomic E-state index is 0.131. The topological polar surface area (TPSA) is 51.1 Å². The fraction of sp³-hybridized carbons (Fsp3) is 0.103. The third-order valence-corrected chi connectivity index (χ3v) is 6.17. The Bertz CT molecular complexity index is 1410. The molecule has 3 aromatic carbocycles. The largest absolute Gasteiger partial charge is 0.496 e. The molecule has 5 rings (SSSR count). The monoisotopic (exact) mass is 478 g/mol. The summed E-state index contributed by atoms with van der Waals surface area (Å²) in [6, 6.07) is 30.4. The quantitative estimate of drug-likeness (QED) is 0.341. The minimum Gasteiger partial charge on any atom is -0.496 e. The van der Waals surface area contributed by atoms with Gasteiger partial charge >= 0.3 is 0 Å². The fourth-order valence-electron chi connectivity index (χ4n) is 4.31. The predicted molar refractivity (Wildman–Crippen MR) is 146 cm³/mol. The molecule has 0 saturated heterocycles. The first-order valence-electron chi connectivity index (χ1n) is 11.4. The molecule has 0 radical (unpaired) electrons. The second kappa shape index (κ2) is 9.99. The summed E-state index contributed by atoms with van der Waals surface area (Å²) in [6.45, 7) is 2.04. The second-order valence-corrected chi connectivity index (χ2v) is 8.66. The SMILES string of the molecule is COc1ccccc1-c1cc(C2=C(C)NC(=S)NC2/C=C/c2ccccc2)nn1-c1ccccc1. The molecule has 2 N–H and O–H groups in total. The van der Waals surface area contributed by atoms with Crippen LogP contribution in [-0.4, -0.2) is 28.0 Å². The van der Waals surface area contributed by atoms with Gasteiger partial charge in [-0.3, -0.25) is 0 Å². The number of rotatable bonds is 6. The molecule has 1 aliphatic rings. The van der Waals surface area contributed by atoms with E-state index in [4.69, 9.17) is 22.1 Å². The molecule has 1 aromatic heterocycles. The van der Waals surface area contributed by atoms with Gasteiger partial charge < -0.3 is 15.4 Å². The Morgan fingerprint density at radius 1 is 0.943 bits per heavy atom. The van der Waals surface area contributed by atoms with E-state index >= 15 is 0 Å². The lowest BCUT2D eigenvalue weighted by molar-refractivity contribution is 0.416. The number of benzene rings is 3. The molecule has 1 unspecified atom stereocenters. The molecule has 0 fully saturated rings. The van der Waals surface area contributed by atoms with Crippen LogP contribution >= 0.6 is 12.2 Å².